The number of carboxylic acids is 1. The van der Waals surface area contributed by atoms with Crippen molar-refractivity contribution in [3.8, 4) is 0 Å². The van der Waals surface area contributed by atoms with E-state index in [-0.39, 0.29) is 17.5 Å². The van der Waals surface area contributed by atoms with Gasteiger partial charge in [0, 0.05) is 18.7 Å². The summed E-state index contributed by atoms with van der Waals surface area (Å²) in [7, 11) is 0. The second-order valence-corrected chi connectivity index (χ2v) is 8.03. The molecule has 9 heteroatoms. The third-order valence-corrected chi connectivity index (χ3v) is 4.48. The van der Waals surface area contributed by atoms with Crippen LogP contribution >= 0.6 is 0 Å². The number of nitrogens with zero attached hydrogens (tertiary/aromatic N) is 3. The van der Waals surface area contributed by atoms with Crippen molar-refractivity contribution in [2.24, 2.45) is 0 Å². The van der Waals surface area contributed by atoms with Gasteiger partial charge in [-0.15, -0.1) is 0 Å². The quantitative estimate of drug-likeness (QED) is 0.771. The highest BCUT2D eigenvalue weighted by Gasteiger charge is 2.24. The van der Waals surface area contributed by atoms with Crippen molar-refractivity contribution < 1.29 is 24.2 Å². The average Bonchev–Trinajstić information content (AvgIpc) is 2.73. The molecule has 0 fully saturated rings. The van der Waals surface area contributed by atoms with E-state index in [2.05, 4.69) is 15.3 Å². The smallest absolute Gasteiger partial charge is 0.410 e. The van der Waals surface area contributed by atoms with Gasteiger partial charge in [-0.2, -0.15) is 0 Å². The third-order valence-electron chi connectivity index (χ3n) is 4.48. The van der Waals surface area contributed by atoms with Crippen molar-refractivity contribution in [3.63, 3.8) is 0 Å². The Morgan fingerprint density at radius 3 is 2.26 bits per heavy atom. The maximum Gasteiger partial charge on any atom is 0.410 e. The molecule has 2 amide bonds. The van der Waals surface area contributed by atoms with Crippen molar-refractivity contribution in [1.82, 2.24) is 14.9 Å². The minimum atomic E-state index is -1.06. The van der Waals surface area contributed by atoms with E-state index in [9.17, 15) is 14.4 Å². The second-order valence-electron chi connectivity index (χ2n) is 8.03. The van der Waals surface area contributed by atoms with Crippen LogP contribution in [0.4, 0.5) is 10.6 Å². The van der Waals surface area contributed by atoms with Crippen molar-refractivity contribution in [3.05, 3.63) is 59.6 Å². The molecule has 2 N–H and O–H groups in total. The number of benzene rings is 1. The lowest BCUT2D eigenvalue weighted by atomic mass is 10.1. The first-order valence-corrected chi connectivity index (χ1v) is 9.76. The number of ether oxygens (including phenoxy) is 1. The lowest BCUT2D eigenvalue weighted by Gasteiger charge is -2.29. The molecule has 3 rings (SSSR count). The van der Waals surface area contributed by atoms with E-state index in [1.165, 1.54) is 30.5 Å². The van der Waals surface area contributed by atoms with Gasteiger partial charge < -0.3 is 20.1 Å². The summed E-state index contributed by atoms with van der Waals surface area (Å²) >= 11 is 0. The van der Waals surface area contributed by atoms with Gasteiger partial charge in [-0.3, -0.25) is 9.78 Å². The number of hydrogen-bond donors (Lipinski definition) is 2. The normalized spacial score (nSPS) is 13.9. The standard InChI is InChI=1S/C22H24N4O5/c1-22(2,3)31-21(30)26-10-8-14(9-11-26)17-12-24-18(13-23-17)25-19(27)15-4-6-16(7-5-15)20(28)29/h4-8,12-13H,9-11H2,1-3H3,(H,28,29)(H,24,25,27). The average molecular weight is 424 g/mol. The van der Waals surface area contributed by atoms with Gasteiger partial charge in [-0.1, -0.05) is 6.08 Å². The Kier molecular flexibility index (Phi) is 6.33. The second kappa shape index (κ2) is 8.95. The zero-order valence-electron chi connectivity index (χ0n) is 17.6. The molecule has 0 atom stereocenters. The Hall–Kier alpha value is -3.75. The van der Waals surface area contributed by atoms with Gasteiger partial charge in [0.05, 0.1) is 23.7 Å². The van der Waals surface area contributed by atoms with E-state index >= 15 is 0 Å². The van der Waals surface area contributed by atoms with E-state index in [1.54, 1.807) is 11.1 Å². The fourth-order valence-corrected chi connectivity index (χ4v) is 2.91. The van der Waals surface area contributed by atoms with Gasteiger partial charge in [0.2, 0.25) is 0 Å². The third kappa shape index (κ3) is 5.88. The Morgan fingerprint density at radius 2 is 1.74 bits per heavy atom. The van der Waals surface area contributed by atoms with E-state index < -0.39 is 17.5 Å². The summed E-state index contributed by atoms with van der Waals surface area (Å²) in [6.07, 6.45) is 5.22. The molecule has 0 unspecified atom stereocenters. The summed E-state index contributed by atoms with van der Waals surface area (Å²) in [5.41, 5.74) is 1.52. The zero-order chi connectivity index (χ0) is 22.6. The van der Waals surface area contributed by atoms with Crippen molar-refractivity contribution in [1.29, 1.82) is 0 Å². The number of carbonyl (C=O) groups excluding carboxylic acids is 2. The minimum Gasteiger partial charge on any atom is -0.478 e. The monoisotopic (exact) mass is 424 g/mol. The number of aromatic carboxylic acids is 1. The van der Waals surface area contributed by atoms with Crippen LogP contribution in [-0.4, -0.2) is 56.6 Å². The van der Waals surface area contributed by atoms with E-state index in [0.29, 0.717) is 30.8 Å². The first-order valence-electron chi connectivity index (χ1n) is 9.76. The SMILES string of the molecule is CC(C)(C)OC(=O)N1CC=C(c2cnc(NC(=O)c3ccc(C(=O)O)cc3)cn2)CC1. The fraction of sp³-hybridized carbons (Fsp3) is 0.318. The van der Waals surface area contributed by atoms with Gasteiger partial charge in [0.15, 0.2) is 5.82 Å². The lowest BCUT2D eigenvalue weighted by molar-refractivity contribution is 0.0270. The van der Waals surface area contributed by atoms with E-state index in [4.69, 9.17) is 9.84 Å². The van der Waals surface area contributed by atoms with Crippen LogP contribution in [0, 0.1) is 0 Å². The number of nitrogens with one attached hydrogen (secondary N) is 1. The minimum absolute atomic E-state index is 0.103. The van der Waals surface area contributed by atoms with Crippen LogP contribution in [0.3, 0.4) is 0 Å². The molecule has 0 radical (unpaired) electrons. The van der Waals surface area contributed by atoms with Crippen molar-refractivity contribution in [2.45, 2.75) is 32.8 Å². The molecule has 0 bridgehead atoms. The Morgan fingerprint density at radius 1 is 1.06 bits per heavy atom. The lowest BCUT2D eigenvalue weighted by Crippen LogP contribution is -2.39. The molecular weight excluding hydrogens is 400 g/mol. The molecule has 2 aromatic rings. The number of anilines is 1. The van der Waals surface area contributed by atoms with Gasteiger partial charge in [0.1, 0.15) is 5.60 Å². The van der Waals surface area contributed by atoms with Gasteiger partial charge in [-0.25, -0.2) is 14.6 Å². The molecule has 0 aliphatic carbocycles. The maximum atomic E-state index is 12.3. The molecule has 0 saturated heterocycles. The molecular formula is C22H24N4O5. The van der Waals surface area contributed by atoms with Crippen LogP contribution < -0.4 is 5.32 Å². The van der Waals surface area contributed by atoms with Gasteiger partial charge in [0.25, 0.3) is 5.91 Å². The summed E-state index contributed by atoms with van der Waals surface area (Å²) in [5.74, 6) is -1.19. The summed E-state index contributed by atoms with van der Waals surface area (Å²) in [4.78, 5) is 45.6. The number of amides is 2. The summed E-state index contributed by atoms with van der Waals surface area (Å²) < 4.78 is 5.39. The van der Waals surface area contributed by atoms with Crippen LogP contribution in [0.25, 0.3) is 5.57 Å². The Labute approximate surface area is 179 Å². The molecule has 162 valence electrons. The molecule has 1 aromatic heterocycles. The summed E-state index contributed by atoms with van der Waals surface area (Å²) in [6, 6.07) is 5.60. The van der Waals surface area contributed by atoms with E-state index in [1.807, 2.05) is 26.8 Å². The highest BCUT2D eigenvalue weighted by Crippen LogP contribution is 2.22. The molecule has 1 aliphatic heterocycles. The molecule has 1 aromatic carbocycles. The fourth-order valence-electron chi connectivity index (χ4n) is 2.91. The van der Waals surface area contributed by atoms with Crippen LogP contribution in [0.5, 0.6) is 0 Å². The Bertz CT molecular complexity index is 1010. The largest absolute Gasteiger partial charge is 0.478 e. The molecule has 2 heterocycles. The molecule has 1 aliphatic rings. The predicted octanol–water partition coefficient (Wildman–Crippen LogP) is 3.45. The van der Waals surface area contributed by atoms with Crippen LogP contribution in [0.2, 0.25) is 0 Å². The number of rotatable bonds is 4. The van der Waals surface area contributed by atoms with Crippen LogP contribution in [0.1, 0.15) is 53.6 Å². The van der Waals surface area contributed by atoms with Crippen molar-refractivity contribution in [2.75, 3.05) is 18.4 Å². The number of carbonyl (C=O) groups is 3. The molecule has 0 spiro atoms. The molecule has 31 heavy (non-hydrogen) atoms. The van der Waals surface area contributed by atoms with E-state index in [0.717, 1.165) is 5.57 Å². The highest BCUT2D eigenvalue weighted by molar-refractivity contribution is 6.04. The van der Waals surface area contributed by atoms with Crippen LogP contribution in [0.15, 0.2) is 42.7 Å². The van der Waals surface area contributed by atoms with Crippen LogP contribution in [-0.2, 0) is 4.74 Å². The molecule has 9 nitrogen and oxygen atoms in total. The van der Waals surface area contributed by atoms with Gasteiger partial charge >= 0.3 is 12.1 Å². The first kappa shape index (κ1) is 21.9. The summed E-state index contributed by atoms with van der Waals surface area (Å²) in [5, 5.41) is 11.6. The number of aromatic nitrogens is 2. The topological polar surface area (TPSA) is 122 Å². The molecule has 0 saturated carbocycles. The summed E-state index contributed by atoms with van der Waals surface area (Å²) in [6.45, 7) is 6.44. The maximum absolute atomic E-state index is 12.3. The number of carboxylic acid groups (broad SMARTS) is 1. The van der Waals surface area contributed by atoms with Crippen molar-refractivity contribution >= 4 is 29.4 Å². The predicted molar refractivity (Wildman–Crippen MR) is 114 cm³/mol. The first-order chi connectivity index (χ1) is 14.6. The Balaban J connectivity index is 1.59. The zero-order valence-corrected chi connectivity index (χ0v) is 17.6. The highest BCUT2D eigenvalue weighted by atomic mass is 16.6. The number of hydrogen-bond acceptors (Lipinski definition) is 6. The van der Waals surface area contributed by atoms with Gasteiger partial charge in [-0.05, 0) is 57.0 Å².